The number of nitrogens with zero attached hydrogens (tertiary/aromatic N) is 3. The van der Waals surface area contributed by atoms with E-state index in [4.69, 9.17) is 0 Å². The molecule has 90 valence electrons. The molecule has 3 rings (SSSR count). The summed E-state index contributed by atoms with van der Waals surface area (Å²) in [5.74, 6) is 0. The highest BCUT2D eigenvalue weighted by atomic mass is 16.3. The van der Waals surface area contributed by atoms with E-state index in [-0.39, 0.29) is 0 Å². The SMILES string of the molecule is CC(O)c1nc2cn[nH]c2nc1-c1ccccc1. The molecule has 5 nitrogen and oxygen atoms in total. The lowest BCUT2D eigenvalue weighted by molar-refractivity contribution is 0.195. The van der Waals surface area contributed by atoms with Crippen molar-refractivity contribution in [3.8, 4) is 11.3 Å². The molecule has 0 aliphatic rings. The molecule has 0 radical (unpaired) electrons. The second kappa shape index (κ2) is 4.19. The molecule has 2 N–H and O–H groups in total. The number of hydrogen-bond acceptors (Lipinski definition) is 4. The zero-order valence-corrected chi connectivity index (χ0v) is 9.83. The van der Waals surface area contributed by atoms with E-state index in [0.29, 0.717) is 22.6 Å². The molecule has 0 amide bonds. The quantitative estimate of drug-likeness (QED) is 0.719. The van der Waals surface area contributed by atoms with Gasteiger partial charge < -0.3 is 5.11 Å². The fourth-order valence-electron chi connectivity index (χ4n) is 1.89. The van der Waals surface area contributed by atoms with Crippen LogP contribution in [-0.4, -0.2) is 25.3 Å². The number of nitrogens with one attached hydrogen (secondary N) is 1. The van der Waals surface area contributed by atoms with Crippen LogP contribution < -0.4 is 0 Å². The normalized spacial score (nSPS) is 12.8. The zero-order chi connectivity index (χ0) is 12.5. The van der Waals surface area contributed by atoms with Gasteiger partial charge in [-0.15, -0.1) is 0 Å². The lowest BCUT2D eigenvalue weighted by Crippen LogP contribution is -2.02. The summed E-state index contributed by atoms with van der Waals surface area (Å²) >= 11 is 0. The molecule has 3 aromatic rings. The molecule has 1 atom stereocenters. The fraction of sp³-hybridized carbons (Fsp3) is 0.154. The number of H-pyrrole nitrogens is 1. The van der Waals surface area contributed by atoms with Crippen molar-refractivity contribution in [3.63, 3.8) is 0 Å². The summed E-state index contributed by atoms with van der Waals surface area (Å²) in [7, 11) is 0. The van der Waals surface area contributed by atoms with Crippen molar-refractivity contribution in [1.29, 1.82) is 0 Å². The van der Waals surface area contributed by atoms with E-state index in [1.807, 2.05) is 30.3 Å². The molecule has 2 aromatic heterocycles. The molecule has 0 fully saturated rings. The van der Waals surface area contributed by atoms with Gasteiger partial charge in [-0.2, -0.15) is 5.10 Å². The Balaban J connectivity index is 2.28. The van der Waals surface area contributed by atoms with Crippen molar-refractivity contribution in [2.45, 2.75) is 13.0 Å². The van der Waals surface area contributed by atoms with Crippen LogP contribution in [0.15, 0.2) is 36.5 Å². The third-order valence-corrected chi connectivity index (χ3v) is 2.75. The Hall–Kier alpha value is -2.27. The first kappa shape index (κ1) is 10.9. The van der Waals surface area contributed by atoms with Gasteiger partial charge in [0.25, 0.3) is 0 Å². The van der Waals surface area contributed by atoms with Gasteiger partial charge in [0, 0.05) is 5.56 Å². The van der Waals surface area contributed by atoms with Gasteiger partial charge in [-0.25, -0.2) is 9.97 Å². The highest BCUT2D eigenvalue weighted by molar-refractivity contribution is 5.74. The Labute approximate surface area is 104 Å². The standard InChI is InChI=1S/C13H12N4O/c1-8(18)11-12(9-5-3-2-4-6-9)16-13-10(15-11)7-14-17-13/h2-8,18H,1H3,(H,14,16,17). The number of benzene rings is 1. The van der Waals surface area contributed by atoms with E-state index < -0.39 is 6.10 Å². The smallest absolute Gasteiger partial charge is 0.174 e. The molecule has 1 unspecified atom stereocenters. The Kier molecular flexibility index (Phi) is 2.53. The van der Waals surface area contributed by atoms with E-state index in [2.05, 4.69) is 20.2 Å². The summed E-state index contributed by atoms with van der Waals surface area (Å²) in [5.41, 5.74) is 3.46. The molecule has 1 aromatic carbocycles. The molecule has 0 saturated carbocycles. The lowest BCUT2D eigenvalue weighted by Gasteiger charge is -2.10. The van der Waals surface area contributed by atoms with Gasteiger partial charge in [0.1, 0.15) is 5.52 Å². The first-order valence-electron chi connectivity index (χ1n) is 5.70. The molecule has 5 heteroatoms. The van der Waals surface area contributed by atoms with Crippen LogP contribution in [0, 0.1) is 0 Å². The summed E-state index contributed by atoms with van der Waals surface area (Å²) < 4.78 is 0. The summed E-state index contributed by atoms with van der Waals surface area (Å²) in [6.45, 7) is 1.68. The lowest BCUT2D eigenvalue weighted by atomic mass is 10.1. The first-order chi connectivity index (χ1) is 8.75. The average molecular weight is 240 g/mol. The minimum absolute atomic E-state index is 0.565. The maximum atomic E-state index is 9.83. The van der Waals surface area contributed by atoms with Crippen LogP contribution in [0.1, 0.15) is 18.7 Å². The van der Waals surface area contributed by atoms with Gasteiger partial charge in [-0.3, -0.25) is 5.10 Å². The largest absolute Gasteiger partial charge is 0.387 e. The van der Waals surface area contributed by atoms with E-state index in [1.54, 1.807) is 13.1 Å². The van der Waals surface area contributed by atoms with Crippen molar-refractivity contribution in [2.75, 3.05) is 0 Å². The number of aromatic amines is 1. The monoisotopic (exact) mass is 240 g/mol. The van der Waals surface area contributed by atoms with Crippen LogP contribution in [0.5, 0.6) is 0 Å². The van der Waals surface area contributed by atoms with Crippen LogP contribution in [0.25, 0.3) is 22.4 Å². The predicted molar refractivity (Wildman–Crippen MR) is 67.8 cm³/mol. The molecule has 0 bridgehead atoms. The summed E-state index contributed by atoms with van der Waals surface area (Å²) in [4.78, 5) is 8.89. The van der Waals surface area contributed by atoms with Crippen LogP contribution in [-0.2, 0) is 0 Å². The van der Waals surface area contributed by atoms with Gasteiger partial charge in [-0.1, -0.05) is 30.3 Å². The Morgan fingerprint density at radius 1 is 1.17 bits per heavy atom. The highest BCUT2D eigenvalue weighted by Crippen LogP contribution is 2.26. The number of aliphatic hydroxyl groups is 1. The summed E-state index contributed by atoms with van der Waals surface area (Å²) in [5, 5.41) is 16.5. The van der Waals surface area contributed by atoms with Crippen LogP contribution in [0.2, 0.25) is 0 Å². The number of rotatable bonds is 2. The first-order valence-corrected chi connectivity index (χ1v) is 5.70. The molecule has 0 aliphatic heterocycles. The van der Waals surface area contributed by atoms with Crippen LogP contribution in [0.4, 0.5) is 0 Å². The van der Waals surface area contributed by atoms with Crippen LogP contribution in [0.3, 0.4) is 0 Å². The van der Waals surface area contributed by atoms with Gasteiger partial charge in [-0.05, 0) is 6.92 Å². The number of aliphatic hydroxyl groups excluding tert-OH is 1. The van der Waals surface area contributed by atoms with Crippen molar-refractivity contribution >= 4 is 11.2 Å². The third-order valence-electron chi connectivity index (χ3n) is 2.75. The molecule has 0 spiro atoms. The summed E-state index contributed by atoms with van der Waals surface area (Å²) in [6, 6.07) is 9.68. The topological polar surface area (TPSA) is 74.7 Å². The van der Waals surface area contributed by atoms with E-state index in [0.717, 1.165) is 5.56 Å². The molecule has 0 aliphatic carbocycles. The van der Waals surface area contributed by atoms with Gasteiger partial charge >= 0.3 is 0 Å². The number of fused-ring (bicyclic) bond motifs is 1. The minimum atomic E-state index is -0.674. The second-order valence-corrected chi connectivity index (χ2v) is 4.10. The number of aromatic nitrogens is 4. The highest BCUT2D eigenvalue weighted by Gasteiger charge is 2.15. The van der Waals surface area contributed by atoms with Gasteiger partial charge in [0.05, 0.1) is 23.7 Å². The van der Waals surface area contributed by atoms with E-state index in [1.165, 1.54) is 0 Å². The molecule has 18 heavy (non-hydrogen) atoms. The maximum absolute atomic E-state index is 9.83. The fourth-order valence-corrected chi connectivity index (χ4v) is 1.89. The molecule has 0 saturated heterocycles. The zero-order valence-electron chi connectivity index (χ0n) is 9.83. The predicted octanol–water partition coefficient (Wildman–Crippen LogP) is 2.07. The van der Waals surface area contributed by atoms with Gasteiger partial charge in [0.15, 0.2) is 5.65 Å². The van der Waals surface area contributed by atoms with Gasteiger partial charge in [0.2, 0.25) is 0 Å². The van der Waals surface area contributed by atoms with Crippen molar-refractivity contribution in [2.24, 2.45) is 0 Å². The van der Waals surface area contributed by atoms with E-state index in [9.17, 15) is 5.11 Å². The minimum Gasteiger partial charge on any atom is -0.387 e. The van der Waals surface area contributed by atoms with Crippen molar-refractivity contribution < 1.29 is 5.11 Å². The van der Waals surface area contributed by atoms with Crippen LogP contribution >= 0.6 is 0 Å². The number of hydrogen-bond donors (Lipinski definition) is 2. The van der Waals surface area contributed by atoms with Crippen molar-refractivity contribution in [1.82, 2.24) is 20.2 Å². The second-order valence-electron chi connectivity index (χ2n) is 4.10. The summed E-state index contributed by atoms with van der Waals surface area (Å²) in [6.07, 6.45) is 0.926. The molecular formula is C13H12N4O. The molecule has 2 heterocycles. The third kappa shape index (κ3) is 1.74. The average Bonchev–Trinajstić information content (AvgIpc) is 2.85. The van der Waals surface area contributed by atoms with E-state index >= 15 is 0 Å². The Morgan fingerprint density at radius 3 is 2.67 bits per heavy atom. The molecular weight excluding hydrogens is 228 g/mol. The van der Waals surface area contributed by atoms with Crippen molar-refractivity contribution in [3.05, 3.63) is 42.2 Å². The maximum Gasteiger partial charge on any atom is 0.174 e. The Bertz CT molecular complexity index is 676. The Morgan fingerprint density at radius 2 is 1.94 bits per heavy atom.